The lowest BCUT2D eigenvalue weighted by Gasteiger charge is -2.33. The maximum Gasteiger partial charge on any atom is 0.258 e. The molecule has 1 N–H and O–H groups in total. The molecule has 3 rings (SSSR count). The van der Waals surface area contributed by atoms with E-state index >= 15 is 0 Å². The maximum absolute atomic E-state index is 12.7. The van der Waals surface area contributed by atoms with Crippen LogP contribution >= 0.6 is 11.6 Å². The monoisotopic (exact) mass is 351 g/mol. The number of hydrogen-bond acceptors (Lipinski definition) is 3. The molecule has 0 spiro atoms. The number of rotatable bonds is 3. The summed E-state index contributed by atoms with van der Waals surface area (Å²) in [5.41, 5.74) is 0.713. The molecule has 0 unspecified atom stereocenters. The van der Waals surface area contributed by atoms with Crippen LogP contribution in [0.4, 0.5) is 0 Å². The molecule has 1 aromatic carbocycles. The van der Waals surface area contributed by atoms with Gasteiger partial charge in [-0.2, -0.15) is 4.31 Å². The molecule has 2 heterocycles. The first-order valence-corrected chi connectivity index (χ1v) is 9.00. The molecule has 2 radical (unpaired) electrons. The van der Waals surface area contributed by atoms with E-state index in [9.17, 15) is 13.2 Å². The Bertz CT molecular complexity index is 844. The normalized spacial score (nSPS) is 16.8. The molecule has 1 fully saturated rings. The van der Waals surface area contributed by atoms with E-state index in [-0.39, 0.29) is 30.3 Å². The molecule has 23 heavy (non-hydrogen) atoms. The number of carbonyl (C=O) groups is 1. The van der Waals surface area contributed by atoms with Crippen molar-refractivity contribution in [2.75, 3.05) is 26.2 Å². The Morgan fingerprint density at radius 2 is 1.91 bits per heavy atom. The summed E-state index contributed by atoms with van der Waals surface area (Å²) in [4.78, 5) is 16.1. The Balaban J connectivity index is 1.82. The molecule has 1 aliphatic heterocycles. The lowest BCUT2D eigenvalue weighted by atomic mass is 10.0. The molecule has 0 atom stereocenters. The average Bonchev–Trinajstić information content (AvgIpc) is 2.98. The van der Waals surface area contributed by atoms with Gasteiger partial charge in [0, 0.05) is 42.1 Å². The third-order valence-corrected chi connectivity index (χ3v) is 6.00. The van der Waals surface area contributed by atoms with Crippen molar-refractivity contribution < 1.29 is 13.2 Å². The summed E-state index contributed by atoms with van der Waals surface area (Å²) in [5.74, 6) is -0.165. The zero-order valence-corrected chi connectivity index (χ0v) is 13.9. The van der Waals surface area contributed by atoms with Crippen LogP contribution in [0.25, 0.3) is 10.9 Å². The highest BCUT2D eigenvalue weighted by molar-refractivity contribution is 7.89. The summed E-state index contributed by atoms with van der Waals surface area (Å²) in [6.45, 7) is 1.21. The van der Waals surface area contributed by atoms with Crippen LogP contribution in [-0.4, -0.2) is 62.5 Å². The minimum absolute atomic E-state index is 0.0600. The van der Waals surface area contributed by atoms with E-state index in [1.54, 1.807) is 29.2 Å². The smallest absolute Gasteiger partial charge is 0.258 e. The SMILES string of the molecule is [B]CC(=O)N1CCN(S(=O)(=O)c2cc3cc(Cl)ccc3[nH]2)CC1. The largest absolute Gasteiger partial charge is 0.345 e. The number of halogens is 1. The first kappa shape index (κ1) is 16.4. The molecular weight excluding hydrogens is 337 g/mol. The topological polar surface area (TPSA) is 73.5 Å². The van der Waals surface area contributed by atoms with Gasteiger partial charge in [-0.3, -0.25) is 4.79 Å². The molecule has 2 aromatic rings. The highest BCUT2D eigenvalue weighted by Gasteiger charge is 2.30. The number of sulfonamides is 1. The maximum atomic E-state index is 12.7. The number of hydrogen-bond donors (Lipinski definition) is 1. The Labute approximate surface area is 140 Å². The van der Waals surface area contributed by atoms with Crippen LogP contribution in [-0.2, 0) is 14.8 Å². The van der Waals surface area contributed by atoms with E-state index in [4.69, 9.17) is 19.4 Å². The molecule has 1 aliphatic rings. The minimum atomic E-state index is -3.63. The van der Waals surface area contributed by atoms with Gasteiger partial charge in [0.2, 0.25) is 5.91 Å². The van der Waals surface area contributed by atoms with Crippen molar-refractivity contribution in [3.63, 3.8) is 0 Å². The lowest BCUT2D eigenvalue weighted by Crippen LogP contribution is -2.50. The van der Waals surface area contributed by atoms with E-state index in [1.165, 1.54) is 4.31 Å². The fourth-order valence-corrected chi connectivity index (χ4v) is 4.28. The predicted octanol–water partition coefficient (Wildman–Crippen LogP) is 1.24. The standard InChI is InChI=1S/C14H15BClN3O3S/c15-9-14(20)18-3-5-19(6-4-18)23(21,22)13-8-10-7-11(16)1-2-12(10)17-13/h1-2,7-8,17H,3-6,9H2. The van der Waals surface area contributed by atoms with E-state index < -0.39 is 10.0 Å². The zero-order valence-electron chi connectivity index (χ0n) is 12.3. The van der Waals surface area contributed by atoms with Crippen LogP contribution in [0.2, 0.25) is 11.3 Å². The number of aromatic amines is 1. The van der Waals surface area contributed by atoms with Crippen molar-refractivity contribution in [3.05, 3.63) is 29.3 Å². The van der Waals surface area contributed by atoms with Gasteiger partial charge in [0.25, 0.3) is 10.0 Å². The number of benzene rings is 1. The molecule has 1 aromatic heterocycles. The Hall–Kier alpha value is -1.51. The third kappa shape index (κ3) is 3.11. The van der Waals surface area contributed by atoms with E-state index in [0.717, 1.165) is 5.39 Å². The van der Waals surface area contributed by atoms with Crippen molar-refractivity contribution in [2.45, 2.75) is 11.3 Å². The summed E-state index contributed by atoms with van der Waals surface area (Å²) in [6, 6.07) is 6.74. The van der Waals surface area contributed by atoms with Crippen molar-refractivity contribution in [2.24, 2.45) is 0 Å². The molecule has 9 heteroatoms. The Morgan fingerprint density at radius 3 is 2.57 bits per heavy atom. The molecule has 0 bridgehead atoms. The fraction of sp³-hybridized carbons (Fsp3) is 0.357. The van der Waals surface area contributed by atoms with E-state index in [0.29, 0.717) is 23.6 Å². The summed E-state index contributed by atoms with van der Waals surface area (Å²) in [7, 11) is 1.70. The number of piperazine rings is 1. The van der Waals surface area contributed by atoms with Crippen LogP contribution in [0.15, 0.2) is 29.3 Å². The van der Waals surface area contributed by atoms with Crippen LogP contribution in [0, 0.1) is 0 Å². The van der Waals surface area contributed by atoms with Crippen molar-refractivity contribution >= 4 is 46.3 Å². The van der Waals surface area contributed by atoms with Gasteiger partial charge in [0.05, 0.1) is 7.85 Å². The first-order valence-electron chi connectivity index (χ1n) is 7.18. The first-order chi connectivity index (χ1) is 10.9. The number of amides is 1. The number of nitrogens with zero attached hydrogens (tertiary/aromatic N) is 2. The van der Waals surface area contributed by atoms with Gasteiger partial charge in [0.1, 0.15) is 5.03 Å². The summed E-state index contributed by atoms with van der Waals surface area (Å²) < 4.78 is 26.8. The minimum Gasteiger partial charge on any atom is -0.345 e. The molecule has 0 saturated carbocycles. The average molecular weight is 352 g/mol. The molecule has 1 saturated heterocycles. The van der Waals surface area contributed by atoms with Crippen molar-refractivity contribution in [1.29, 1.82) is 0 Å². The summed E-state index contributed by atoms with van der Waals surface area (Å²) >= 11 is 5.93. The van der Waals surface area contributed by atoms with Crippen LogP contribution in [0.5, 0.6) is 0 Å². The number of carbonyl (C=O) groups excluding carboxylic acids is 1. The quantitative estimate of drug-likeness (QED) is 0.846. The highest BCUT2D eigenvalue weighted by atomic mass is 35.5. The van der Waals surface area contributed by atoms with Gasteiger partial charge in [0.15, 0.2) is 0 Å². The van der Waals surface area contributed by atoms with Crippen LogP contribution in [0.3, 0.4) is 0 Å². The van der Waals surface area contributed by atoms with Crippen molar-refractivity contribution in [1.82, 2.24) is 14.2 Å². The van der Waals surface area contributed by atoms with Gasteiger partial charge in [-0.25, -0.2) is 8.42 Å². The second-order valence-corrected chi connectivity index (χ2v) is 7.70. The summed E-state index contributed by atoms with van der Waals surface area (Å²) in [6.07, 6.45) is -0.0600. The van der Waals surface area contributed by atoms with Gasteiger partial charge in [-0.15, -0.1) is 0 Å². The molecule has 1 amide bonds. The Morgan fingerprint density at radius 1 is 1.22 bits per heavy atom. The number of aromatic nitrogens is 1. The third-order valence-electron chi connectivity index (χ3n) is 3.94. The van der Waals surface area contributed by atoms with E-state index in [2.05, 4.69) is 4.98 Å². The second kappa shape index (κ2) is 6.18. The Kier molecular flexibility index (Phi) is 4.40. The number of nitrogens with one attached hydrogen (secondary N) is 1. The van der Waals surface area contributed by atoms with Crippen molar-refractivity contribution in [3.8, 4) is 0 Å². The van der Waals surface area contributed by atoms with Gasteiger partial charge in [-0.1, -0.05) is 11.6 Å². The molecule has 120 valence electrons. The zero-order chi connectivity index (χ0) is 16.6. The predicted molar refractivity (Wildman–Crippen MR) is 89.2 cm³/mol. The lowest BCUT2D eigenvalue weighted by molar-refractivity contribution is -0.129. The summed E-state index contributed by atoms with van der Waals surface area (Å²) in [5, 5.41) is 1.43. The van der Waals surface area contributed by atoms with Gasteiger partial charge < -0.3 is 9.88 Å². The molecule has 0 aliphatic carbocycles. The molecule has 6 nitrogen and oxygen atoms in total. The number of fused-ring (bicyclic) bond motifs is 1. The van der Waals surface area contributed by atoms with E-state index in [1.807, 2.05) is 0 Å². The fourth-order valence-electron chi connectivity index (χ4n) is 2.66. The van der Waals surface area contributed by atoms with Gasteiger partial charge in [-0.05, 0) is 30.6 Å². The highest BCUT2D eigenvalue weighted by Crippen LogP contribution is 2.24. The molecular formula is C14H15BClN3O3S. The van der Waals surface area contributed by atoms with Gasteiger partial charge >= 0.3 is 0 Å². The van der Waals surface area contributed by atoms with Crippen LogP contribution in [0.1, 0.15) is 0 Å². The van der Waals surface area contributed by atoms with Crippen LogP contribution < -0.4 is 0 Å². The number of H-pyrrole nitrogens is 1. The second-order valence-electron chi connectivity index (χ2n) is 5.35.